The van der Waals surface area contributed by atoms with Crippen LogP contribution >= 0.6 is 0 Å². The van der Waals surface area contributed by atoms with Crippen molar-refractivity contribution in [3.63, 3.8) is 0 Å². The maximum atomic E-state index is 13.3. The van der Waals surface area contributed by atoms with Gasteiger partial charge in [-0.3, -0.25) is 9.52 Å². The second-order valence-corrected chi connectivity index (χ2v) is 10.5. The molecule has 8 heteroatoms. The molecule has 3 aromatic rings. The Hall–Kier alpha value is -3.39. The lowest BCUT2D eigenvalue weighted by Crippen LogP contribution is -2.36. The monoisotopic (exact) mass is 495 g/mol. The predicted octanol–water partition coefficient (Wildman–Crippen LogP) is 4.66. The summed E-state index contributed by atoms with van der Waals surface area (Å²) in [5, 5.41) is 2.83. The number of carbonyl (C=O) groups is 1. The number of benzene rings is 3. The lowest BCUT2D eigenvalue weighted by molar-refractivity contribution is -0.119. The van der Waals surface area contributed by atoms with E-state index in [2.05, 4.69) is 14.9 Å². The lowest BCUT2D eigenvalue weighted by atomic mass is 9.99. The van der Waals surface area contributed by atoms with Crippen molar-refractivity contribution in [3.05, 3.63) is 95.8 Å². The average Bonchev–Trinajstić information content (AvgIpc) is 2.86. The number of piperidine rings is 1. The minimum absolute atomic E-state index is 0.338. The molecule has 0 aromatic heterocycles. The zero-order valence-corrected chi connectivity index (χ0v) is 20.3. The number of nitrogens with zero attached hydrogens (tertiary/aromatic N) is 1. The van der Waals surface area contributed by atoms with E-state index in [0.717, 1.165) is 42.7 Å². The molecule has 0 bridgehead atoms. The first-order valence-corrected chi connectivity index (χ1v) is 13.5. The van der Waals surface area contributed by atoms with E-state index in [1.54, 1.807) is 24.3 Å². The molecule has 1 heterocycles. The molecule has 3 aromatic carbocycles. The molecular formula is C27H30FN3O3S. The van der Waals surface area contributed by atoms with Gasteiger partial charge in [0.05, 0.1) is 6.04 Å². The second kappa shape index (κ2) is 11.4. The van der Waals surface area contributed by atoms with Crippen molar-refractivity contribution in [2.45, 2.75) is 31.7 Å². The van der Waals surface area contributed by atoms with E-state index in [1.807, 2.05) is 42.5 Å². The molecule has 1 fully saturated rings. The van der Waals surface area contributed by atoms with Crippen LogP contribution in [0.3, 0.4) is 0 Å². The first-order chi connectivity index (χ1) is 16.9. The first-order valence-electron chi connectivity index (χ1n) is 11.8. The van der Waals surface area contributed by atoms with Gasteiger partial charge in [-0.25, -0.2) is 12.8 Å². The van der Waals surface area contributed by atoms with Gasteiger partial charge >= 0.3 is 0 Å². The van der Waals surface area contributed by atoms with Crippen LogP contribution in [-0.4, -0.2) is 33.2 Å². The van der Waals surface area contributed by atoms with Crippen molar-refractivity contribution >= 4 is 27.3 Å². The van der Waals surface area contributed by atoms with Crippen LogP contribution in [0.2, 0.25) is 0 Å². The summed E-state index contributed by atoms with van der Waals surface area (Å²) in [6.45, 7) is 2.01. The van der Waals surface area contributed by atoms with E-state index >= 15 is 0 Å². The van der Waals surface area contributed by atoms with Crippen LogP contribution in [-0.2, 0) is 21.2 Å². The molecule has 1 aliphatic heterocycles. The zero-order chi connectivity index (χ0) is 24.7. The maximum absolute atomic E-state index is 13.3. The topological polar surface area (TPSA) is 78.5 Å². The van der Waals surface area contributed by atoms with Crippen LogP contribution in [0.1, 0.15) is 36.4 Å². The summed E-state index contributed by atoms with van der Waals surface area (Å²) in [7, 11) is -3.90. The Labute approximate surface area is 206 Å². The van der Waals surface area contributed by atoms with E-state index in [0.29, 0.717) is 12.1 Å². The highest BCUT2D eigenvalue weighted by molar-refractivity contribution is 7.93. The van der Waals surface area contributed by atoms with Crippen molar-refractivity contribution < 1.29 is 17.6 Å². The standard InChI is InChI=1S/C27H30FN3O3S/c28-23-11-9-21(10-12-23)19-26(22-7-3-1-4-8-22)29-27(32)20-35(33,34)30-24-13-15-25(16-14-24)31-17-5-2-6-18-31/h1,3-4,7-16,26,30H,2,5-6,17-20H2,(H,29,32). The molecule has 0 aliphatic carbocycles. The highest BCUT2D eigenvalue weighted by atomic mass is 32.2. The van der Waals surface area contributed by atoms with Crippen LogP contribution in [0.15, 0.2) is 78.9 Å². The number of rotatable bonds is 9. The largest absolute Gasteiger partial charge is 0.372 e. The Kier molecular flexibility index (Phi) is 8.02. The summed E-state index contributed by atoms with van der Waals surface area (Å²) in [6, 6.07) is 22.1. The van der Waals surface area contributed by atoms with E-state index < -0.39 is 27.7 Å². The van der Waals surface area contributed by atoms with Gasteiger partial charge in [0.15, 0.2) is 0 Å². The first kappa shape index (κ1) is 24.7. The van der Waals surface area contributed by atoms with Gasteiger partial charge in [-0.1, -0.05) is 42.5 Å². The average molecular weight is 496 g/mol. The minimum Gasteiger partial charge on any atom is -0.372 e. The molecule has 6 nitrogen and oxygen atoms in total. The Morgan fingerprint density at radius 3 is 2.20 bits per heavy atom. The van der Waals surface area contributed by atoms with Crippen LogP contribution in [0.4, 0.5) is 15.8 Å². The van der Waals surface area contributed by atoms with E-state index in [-0.39, 0.29) is 5.82 Å². The van der Waals surface area contributed by atoms with Crippen LogP contribution in [0.25, 0.3) is 0 Å². The summed E-state index contributed by atoms with van der Waals surface area (Å²) in [4.78, 5) is 15.0. The molecule has 0 spiro atoms. The Balaban J connectivity index is 1.39. The maximum Gasteiger partial charge on any atom is 0.241 e. The third-order valence-electron chi connectivity index (χ3n) is 6.07. The number of amides is 1. The number of anilines is 2. The molecule has 2 N–H and O–H groups in total. The van der Waals surface area contributed by atoms with Crippen molar-refractivity contribution in [3.8, 4) is 0 Å². The van der Waals surface area contributed by atoms with E-state index in [9.17, 15) is 17.6 Å². The molecular weight excluding hydrogens is 465 g/mol. The van der Waals surface area contributed by atoms with Crippen LogP contribution < -0.4 is 14.9 Å². The summed E-state index contributed by atoms with van der Waals surface area (Å²) >= 11 is 0. The molecule has 35 heavy (non-hydrogen) atoms. The highest BCUT2D eigenvalue weighted by Crippen LogP contribution is 2.23. The fraction of sp³-hybridized carbons (Fsp3) is 0.296. The Bertz CT molecular complexity index is 1210. The number of nitrogens with one attached hydrogen (secondary N) is 2. The lowest BCUT2D eigenvalue weighted by Gasteiger charge is -2.28. The molecule has 1 atom stereocenters. The number of carbonyl (C=O) groups excluding carboxylic acids is 1. The Morgan fingerprint density at radius 1 is 0.886 bits per heavy atom. The SMILES string of the molecule is O=C(CS(=O)(=O)Nc1ccc(N2CCCCC2)cc1)NC(Cc1ccc(F)cc1)c1ccccc1. The molecule has 1 unspecified atom stereocenters. The van der Waals surface area contributed by atoms with Crippen molar-refractivity contribution in [2.75, 3.05) is 28.5 Å². The van der Waals surface area contributed by atoms with Gasteiger partial charge < -0.3 is 10.2 Å². The van der Waals surface area contributed by atoms with Gasteiger partial charge in [-0.2, -0.15) is 0 Å². The van der Waals surface area contributed by atoms with Gasteiger partial charge in [0.25, 0.3) is 0 Å². The van der Waals surface area contributed by atoms with E-state index in [1.165, 1.54) is 18.6 Å². The van der Waals surface area contributed by atoms with Gasteiger partial charge in [-0.15, -0.1) is 0 Å². The summed E-state index contributed by atoms with van der Waals surface area (Å²) < 4.78 is 41.2. The molecule has 1 aliphatic rings. The summed E-state index contributed by atoms with van der Waals surface area (Å²) in [5.41, 5.74) is 3.15. The fourth-order valence-electron chi connectivity index (χ4n) is 4.31. The third-order valence-corrected chi connectivity index (χ3v) is 7.26. The van der Waals surface area contributed by atoms with Crippen LogP contribution in [0.5, 0.6) is 0 Å². The molecule has 0 saturated carbocycles. The zero-order valence-electron chi connectivity index (χ0n) is 19.5. The van der Waals surface area contributed by atoms with Gasteiger partial charge in [0.2, 0.25) is 15.9 Å². The molecule has 184 valence electrons. The fourth-order valence-corrected chi connectivity index (χ4v) is 5.31. The second-order valence-electron chi connectivity index (χ2n) is 8.82. The van der Waals surface area contributed by atoms with Gasteiger partial charge in [0, 0.05) is 24.5 Å². The highest BCUT2D eigenvalue weighted by Gasteiger charge is 2.21. The normalized spacial score (nSPS) is 14.8. The summed E-state index contributed by atoms with van der Waals surface area (Å²) in [5.74, 6) is -1.65. The number of halogens is 1. The number of hydrogen-bond acceptors (Lipinski definition) is 4. The molecule has 0 radical (unpaired) electrons. The predicted molar refractivity (Wildman–Crippen MR) is 137 cm³/mol. The number of hydrogen-bond donors (Lipinski definition) is 2. The Morgan fingerprint density at radius 2 is 1.54 bits per heavy atom. The third kappa shape index (κ3) is 7.29. The molecule has 1 amide bonds. The van der Waals surface area contributed by atoms with Gasteiger partial charge in [0.1, 0.15) is 11.6 Å². The van der Waals surface area contributed by atoms with E-state index in [4.69, 9.17) is 0 Å². The minimum atomic E-state index is -3.90. The molecule has 4 rings (SSSR count). The summed E-state index contributed by atoms with van der Waals surface area (Å²) in [6.07, 6.45) is 3.97. The number of sulfonamides is 1. The van der Waals surface area contributed by atoms with Crippen LogP contribution in [0, 0.1) is 5.82 Å². The smallest absolute Gasteiger partial charge is 0.241 e. The van der Waals surface area contributed by atoms with Gasteiger partial charge in [-0.05, 0) is 73.2 Å². The van der Waals surface area contributed by atoms with Crippen molar-refractivity contribution in [1.82, 2.24) is 5.32 Å². The molecule has 1 saturated heterocycles. The van der Waals surface area contributed by atoms with Crippen molar-refractivity contribution in [2.24, 2.45) is 0 Å². The van der Waals surface area contributed by atoms with Crippen molar-refractivity contribution in [1.29, 1.82) is 0 Å². The quantitative estimate of drug-likeness (QED) is 0.453.